The maximum Gasteiger partial charge on any atom is 0.339 e. The lowest BCUT2D eigenvalue weighted by Crippen LogP contribution is -2.15. The van der Waals surface area contributed by atoms with Crippen molar-refractivity contribution >= 4 is 20.0 Å². The molecule has 1 aliphatic carbocycles. The molecular weight excluding hydrogens is 388 g/mol. The predicted molar refractivity (Wildman–Crippen MR) is 103 cm³/mol. The Hall–Kier alpha value is -2.06. The van der Waals surface area contributed by atoms with E-state index in [1.54, 1.807) is 19.1 Å². The lowest BCUT2D eigenvalue weighted by molar-refractivity contribution is 0.340. The Morgan fingerprint density at radius 3 is 2.26 bits per heavy atom. The molecule has 6 nitrogen and oxygen atoms in total. The van der Waals surface area contributed by atoms with Gasteiger partial charge in [-0.2, -0.15) is 8.42 Å². The van der Waals surface area contributed by atoms with Crippen molar-refractivity contribution in [2.24, 2.45) is 0 Å². The summed E-state index contributed by atoms with van der Waals surface area (Å²) in [5.74, 6) is 0.692. The summed E-state index contributed by atoms with van der Waals surface area (Å²) in [6.45, 7) is 1.60. The summed E-state index contributed by atoms with van der Waals surface area (Å²) in [7, 11) is -7.05. The minimum absolute atomic E-state index is 0.0107. The molecule has 0 amide bonds. The third kappa shape index (κ3) is 5.01. The fourth-order valence-corrected chi connectivity index (χ4v) is 4.46. The number of aryl methyl sites for hydroxylation is 2. The SMILES string of the molecule is CCS(=O)(=O)CCOc1ccc(S(=O)(=O)Oc2ccc3c(c2)CCC3)cc1. The van der Waals surface area contributed by atoms with Crippen molar-refractivity contribution in [1.29, 1.82) is 0 Å². The van der Waals surface area contributed by atoms with Crippen LogP contribution in [-0.4, -0.2) is 34.9 Å². The number of fused-ring (bicyclic) bond motifs is 1. The second kappa shape index (κ2) is 7.90. The second-order valence-electron chi connectivity index (χ2n) is 6.38. The van der Waals surface area contributed by atoms with E-state index in [1.807, 2.05) is 6.07 Å². The Morgan fingerprint density at radius 1 is 0.889 bits per heavy atom. The largest absolute Gasteiger partial charge is 0.493 e. The van der Waals surface area contributed by atoms with Crippen molar-refractivity contribution in [2.75, 3.05) is 18.1 Å². The Bertz CT molecular complexity index is 1010. The average Bonchev–Trinajstić information content (AvgIpc) is 3.09. The van der Waals surface area contributed by atoms with Gasteiger partial charge in [0, 0.05) is 5.75 Å². The van der Waals surface area contributed by atoms with Crippen LogP contribution in [0.15, 0.2) is 47.4 Å². The molecule has 0 spiro atoms. The van der Waals surface area contributed by atoms with Gasteiger partial charge in [0.1, 0.15) is 23.0 Å². The highest BCUT2D eigenvalue weighted by Crippen LogP contribution is 2.28. The van der Waals surface area contributed by atoms with Gasteiger partial charge >= 0.3 is 10.1 Å². The van der Waals surface area contributed by atoms with Crippen molar-refractivity contribution in [2.45, 2.75) is 31.1 Å². The summed E-state index contributed by atoms with van der Waals surface area (Å²) >= 11 is 0. The maximum absolute atomic E-state index is 12.5. The molecule has 3 rings (SSSR count). The molecule has 0 aliphatic heterocycles. The lowest BCUT2D eigenvalue weighted by atomic mass is 10.1. The molecule has 1 aliphatic rings. The molecule has 0 saturated heterocycles. The summed E-state index contributed by atoms with van der Waals surface area (Å²) in [5.41, 5.74) is 2.37. The first kappa shape index (κ1) is 19.7. The van der Waals surface area contributed by atoms with Crippen LogP contribution >= 0.6 is 0 Å². The number of ether oxygens (including phenoxy) is 1. The highest BCUT2D eigenvalue weighted by atomic mass is 32.2. The molecule has 0 radical (unpaired) electrons. The first-order valence-corrected chi connectivity index (χ1v) is 12.0. The molecule has 0 atom stereocenters. The molecule has 0 saturated carbocycles. The van der Waals surface area contributed by atoms with Gasteiger partial charge in [-0.15, -0.1) is 0 Å². The summed E-state index contributed by atoms with van der Waals surface area (Å²) in [5, 5.41) is 0. The third-order valence-corrected chi connectivity index (χ3v) is 7.42. The van der Waals surface area contributed by atoms with E-state index in [-0.39, 0.29) is 23.0 Å². The maximum atomic E-state index is 12.5. The van der Waals surface area contributed by atoms with Crippen LogP contribution < -0.4 is 8.92 Å². The highest BCUT2D eigenvalue weighted by molar-refractivity contribution is 7.91. The van der Waals surface area contributed by atoms with Crippen LogP contribution in [0.5, 0.6) is 11.5 Å². The zero-order valence-electron chi connectivity index (χ0n) is 15.1. The van der Waals surface area contributed by atoms with Gasteiger partial charge in [0.05, 0.1) is 5.75 Å². The number of hydrogen-bond donors (Lipinski definition) is 0. The van der Waals surface area contributed by atoms with E-state index in [9.17, 15) is 16.8 Å². The molecule has 2 aromatic carbocycles. The van der Waals surface area contributed by atoms with Crippen LogP contribution in [0, 0.1) is 0 Å². The number of sulfone groups is 1. The van der Waals surface area contributed by atoms with Gasteiger partial charge < -0.3 is 8.92 Å². The molecule has 146 valence electrons. The van der Waals surface area contributed by atoms with Gasteiger partial charge in [-0.05, 0) is 66.8 Å². The van der Waals surface area contributed by atoms with E-state index in [0.717, 1.165) is 24.8 Å². The first-order valence-electron chi connectivity index (χ1n) is 8.79. The number of rotatable bonds is 8. The Morgan fingerprint density at radius 2 is 1.56 bits per heavy atom. The number of hydrogen-bond acceptors (Lipinski definition) is 6. The van der Waals surface area contributed by atoms with Gasteiger partial charge in [0.2, 0.25) is 0 Å². The highest BCUT2D eigenvalue weighted by Gasteiger charge is 2.19. The van der Waals surface area contributed by atoms with Crippen molar-refractivity contribution in [3.8, 4) is 11.5 Å². The molecular formula is C19H22O6S2. The fourth-order valence-electron chi connectivity index (χ4n) is 2.91. The lowest BCUT2D eigenvalue weighted by Gasteiger charge is -2.10. The van der Waals surface area contributed by atoms with Crippen LogP contribution in [0.4, 0.5) is 0 Å². The van der Waals surface area contributed by atoms with Crippen molar-refractivity contribution in [3.05, 3.63) is 53.6 Å². The van der Waals surface area contributed by atoms with Crippen molar-refractivity contribution < 1.29 is 25.8 Å². The molecule has 0 bridgehead atoms. The van der Waals surface area contributed by atoms with Gasteiger partial charge in [0.25, 0.3) is 0 Å². The van der Waals surface area contributed by atoms with Crippen LogP contribution in [-0.2, 0) is 32.8 Å². The van der Waals surface area contributed by atoms with Crippen molar-refractivity contribution in [3.63, 3.8) is 0 Å². The minimum atomic E-state index is -3.95. The van der Waals surface area contributed by atoms with E-state index in [4.69, 9.17) is 8.92 Å². The van der Waals surface area contributed by atoms with E-state index in [2.05, 4.69) is 0 Å². The Kier molecular flexibility index (Phi) is 5.76. The molecule has 27 heavy (non-hydrogen) atoms. The summed E-state index contributed by atoms with van der Waals surface area (Å²) < 4.78 is 58.4. The quantitative estimate of drug-likeness (QED) is 0.622. The van der Waals surface area contributed by atoms with Gasteiger partial charge in [-0.3, -0.25) is 0 Å². The molecule has 0 aromatic heterocycles. The van der Waals surface area contributed by atoms with Gasteiger partial charge in [-0.25, -0.2) is 8.42 Å². The normalized spacial score (nSPS) is 14.0. The summed E-state index contributed by atoms with van der Waals surface area (Å²) in [6.07, 6.45) is 3.03. The molecule has 0 heterocycles. The third-order valence-electron chi connectivity index (χ3n) is 4.49. The van der Waals surface area contributed by atoms with Gasteiger partial charge in [0.15, 0.2) is 9.84 Å². The molecule has 0 N–H and O–H groups in total. The van der Waals surface area contributed by atoms with Crippen LogP contribution in [0.25, 0.3) is 0 Å². The van der Waals surface area contributed by atoms with E-state index < -0.39 is 20.0 Å². The summed E-state index contributed by atoms with van der Waals surface area (Å²) in [6, 6.07) is 11.1. The van der Waals surface area contributed by atoms with E-state index in [0.29, 0.717) is 11.5 Å². The number of benzene rings is 2. The zero-order chi connectivity index (χ0) is 19.5. The average molecular weight is 411 g/mol. The predicted octanol–water partition coefficient (Wildman–Crippen LogP) is 2.76. The topological polar surface area (TPSA) is 86.7 Å². The Balaban J connectivity index is 1.65. The standard InChI is InChI=1S/C19H22O6S2/c1-2-26(20,21)13-12-24-17-8-10-19(11-9-17)27(22,23)25-18-7-6-15-4-3-5-16(15)14-18/h6-11,14H,2-5,12-13H2,1H3. The molecule has 8 heteroatoms. The molecule has 2 aromatic rings. The summed E-state index contributed by atoms with van der Waals surface area (Å²) in [4.78, 5) is 0.0107. The van der Waals surface area contributed by atoms with Crippen molar-refractivity contribution in [1.82, 2.24) is 0 Å². The van der Waals surface area contributed by atoms with E-state index in [1.165, 1.54) is 29.8 Å². The van der Waals surface area contributed by atoms with Crippen LogP contribution in [0.2, 0.25) is 0 Å². The first-order chi connectivity index (χ1) is 12.8. The fraction of sp³-hybridized carbons (Fsp3) is 0.368. The molecule has 0 unspecified atom stereocenters. The van der Waals surface area contributed by atoms with E-state index >= 15 is 0 Å². The zero-order valence-corrected chi connectivity index (χ0v) is 16.7. The monoisotopic (exact) mass is 410 g/mol. The molecule has 0 fully saturated rings. The van der Waals surface area contributed by atoms with Crippen LogP contribution in [0.1, 0.15) is 24.5 Å². The second-order valence-corrected chi connectivity index (χ2v) is 10.4. The Labute approximate surface area is 160 Å². The minimum Gasteiger partial charge on any atom is -0.493 e. The van der Waals surface area contributed by atoms with Crippen LogP contribution in [0.3, 0.4) is 0 Å². The van der Waals surface area contributed by atoms with Gasteiger partial charge in [-0.1, -0.05) is 13.0 Å². The smallest absolute Gasteiger partial charge is 0.339 e.